The predicted octanol–water partition coefficient (Wildman–Crippen LogP) is 4.56. The van der Waals surface area contributed by atoms with Crippen LogP contribution in [0.15, 0.2) is 46.9 Å². The summed E-state index contributed by atoms with van der Waals surface area (Å²) in [5.74, 6) is 0.270. The number of fused-ring (bicyclic) bond motifs is 1. The molecule has 0 radical (unpaired) electrons. The van der Waals surface area contributed by atoms with Crippen LogP contribution in [-0.2, 0) is 0 Å². The molecule has 2 atom stereocenters. The summed E-state index contributed by atoms with van der Waals surface area (Å²) in [7, 11) is 0. The van der Waals surface area contributed by atoms with Crippen LogP contribution in [0.3, 0.4) is 0 Å². The highest BCUT2D eigenvalue weighted by Gasteiger charge is 2.33. The van der Waals surface area contributed by atoms with Crippen molar-refractivity contribution in [2.24, 2.45) is 0 Å². The minimum absolute atomic E-state index is 0.0649. The van der Waals surface area contributed by atoms with Crippen LogP contribution in [0.4, 0.5) is 16.3 Å². The number of anilines is 2. The van der Waals surface area contributed by atoms with Crippen LogP contribution in [0.25, 0.3) is 0 Å². The Labute approximate surface area is 157 Å². The minimum atomic E-state index is -0.400. The van der Waals surface area contributed by atoms with Crippen LogP contribution in [0, 0.1) is 5.82 Å². The summed E-state index contributed by atoms with van der Waals surface area (Å²) >= 11 is 9.73. The number of nitrogen functional groups attached to an aromatic ring is 1. The van der Waals surface area contributed by atoms with E-state index in [1.165, 1.54) is 6.07 Å². The van der Waals surface area contributed by atoms with Gasteiger partial charge >= 0.3 is 0 Å². The molecule has 0 saturated heterocycles. The van der Waals surface area contributed by atoms with Crippen LogP contribution in [0.1, 0.15) is 29.6 Å². The van der Waals surface area contributed by atoms with Gasteiger partial charge in [0.2, 0.25) is 11.9 Å². The van der Waals surface area contributed by atoms with Gasteiger partial charge in [0.1, 0.15) is 5.82 Å². The first-order chi connectivity index (χ1) is 12.0. The van der Waals surface area contributed by atoms with E-state index in [2.05, 4.69) is 31.3 Å². The van der Waals surface area contributed by atoms with Crippen LogP contribution in [0.5, 0.6) is 0 Å². The molecule has 1 aliphatic heterocycles. The number of nitrogens with two attached hydrogens (primary N) is 1. The van der Waals surface area contributed by atoms with E-state index in [1.807, 2.05) is 24.3 Å². The van der Waals surface area contributed by atoms with E-state index in [1.54, 1.807) is 16.8 Å². The highest BCUT2D eigenvalue weighted by molar-refractivity contribution is 9.10. The first-order valence-electron chi connectivity index (χ1n) is 7.71. The molecule has 5 nitrogen and oxygen atoms in total. The van der Waals surface area contributed by atoms with E-state index < -0.39 is 6.04 Å². The van der Waals surface area contributed by atoms with Crippen molar-refractivity contribution in [2.75, 3.05) is 11.1 Å². The van der Waals surface area contributed by atoms with Crippen molar-refractivity contribution in [3.63, 3.8) is 0 Å². The molecule has 1 aliphatic rings. The van der Waals surface area contributed by atoms with Gasteiger partial charge in [-0.15, -0.1) is 5.10 Å². The lowest BCUT2D eigenvalue weighted by Crippen LogP contribution is -2.28. The molecule has 1 aromatic heterocycles. The van der Waals surface area contributed by atoms with Crippen molar-refractivity contribution in [3.05, 3.63) is 68.9 Å². The smallest absolute Gasteiger partial charge is 0.241 e. The fraction of sp³-hybridized carbons (Fsp3) is 0.176. The summed E-state index contributed by atoms with van der Waals surface area (Å²) in [5.41, 5.74) is 7.23. The fourth-order valence-corrected chi connectivity index (χ4v) is 3.73. The Bertz CT molecular complexity index is 907. The maximum atomic E-state index is 14.5. The molecule has 0 aliphatic carbocycles. The average molecular weight is 423 g/mol. The molecule has 0 saturated carbocycles. The van der Waals surface area contributed by atoms with Gasteiger partial charge in [-0.1, -0.05) is 45.7 Å². The van der Waals surface area contributed by atoms with Crippen LogP contribution in [0.2, 0.25) is 5.02 Å². The third kappa shape index (κ3) is 2.98. The third-order valence-corrected chi connectivity index (χ3v) is 5.17. The van der Waals surface area contributed by atoms with Crippen molar-refractivity contribution in [1.29, 1.82) is 0 Å². The quantitative estimate of drug-likeness (QED) is 0.635. The normalized spacial score (nSPS) is 19.3. The Morgan fingerprint density at radius 2 is 2.00 bits per heavy atom. The van der Waals surface area contributed by atoms with Gasteiger partial charge in [0.25, 0.3) is 0 Å². The third-order valence-electron chi connectivity index (χ3n) is 4.31. The maximum absolute atomic E-state index is 14.5. The highest BCUT2D eigenvalue weighted by Crippen LogP contribution is 2.41. The Hall–Kier alpha value is -2.12. The van der Waals surface area contributed by atoms with Gasteiger partial charge in [-0.25, -0.2) is 9.07 Å². The SMILES string of the molecule is Nc1nc2n(n1)[C@@H](c1c(F)cccc1Cl)C[C@H](c1ccc(Br)cc1)N2. The standard InChI is InChI=1S/C17H14BrClFN5/c18-10-6-4-9(5-7-10)13-8-14(15-11(19)2-1-3-12(15)20)25-17(22-13)23-16(21)24-25/h1-7,13-14H,8H2,(H3,21,22,23,24)/t13-,14-/m1/s1. The second-order valence-corrected chi connectivity index (χ2v) is 7.20. The number of nitrogens with zero attached hydrogens (tertiary/aromatic N) is 3. The van der Waals surface area contributed by atoms with Gasteiger partial charge in [-0.2, -0.15) is 4.98 Å². The summed E-state index contributed by atoms with van der Waals surface area (Å²) in [6, 6.07) is 12.2. The molecule has 3 N–H and O–H groups in total. The molecule has 4 rings (SSSR count). The molecule has 25 heavy (non-hydrogen) atoms. The number of benzene rings is 2. The Balaban J connectivity index is 1.81. The number of aromatic nitrogens is 3. The lowest BCUT2D eigenvalue weighted by atomic mass is 9.93. The highest BCUT2D eigenvalue weighted by atomic mass is 79.9. The lowest BCUT2D eigenvalue weighted by molar-refractivity contribution is 0.416. The first kappa shape index (κ1) is 16.4. The molecule has 0 spiro atoms. The molecular weight excluding hydrogens is 409 g/mol. The molecular formula is C17H14BrClFN5. The van der Waals surface area contributed by atoms with Crippen LogP contribution >= 0.6 is 27.5 Å². The average Bonchev–Trinajstić information content (AvgIpc) is 2.95. The van der Waals surface area contributed by atoms with Crippen molar-refractivity contribution in [3.8, 4) is 0 Å². The van der Waals surface area contributed by atoms with E-state index in [0.717, 1.165) is 10.0 Å². The lowest BCUT2D eigenvalue weighted by Gasteiger charge is -2.32. The monoisotopic (exact) mass is 421 g/mol. The number of hydrogen-bond donors (Lipinski definition) is 2. The first-order valence-corrected chi connectivity index (χ1v) is 8.88. The van der Waals surface area contributed by atoms with Gasteiger partial charge in [0.05, 0.1) is 12.1 Å². The van der Waals surface area contributed by atoms with Crippen LogP contribution in [-0.4, -0.2) is 14.8 Å². The van der Waals surface area contributed by atoms with Crippen molar-refractivity contribution >= 4 is 39.4 Å². The van der Waals surface area contributed by atoms with Gasteiger partial charge in [0.15, 0.2) is 0 Å². The summed E-state index contributed by atoms with van der Waals surface area (Å²) in [4.78, 5) is 4.22. The van der Waals surface area contributed by atoms with E-state index in [9.17, 15) is 4.39 Å². The molecule has 2 heterocycles. The zero-order chi connectivity index (χ0) is 17.6. The largest absolute Gasteiger partial charge is 0.366 e. The van der Waals surface area contributed by atoms with Crippen molar-refractivity contribution in [2.45, 2.75) is 18.5 Å². The van der Waals surface area contributed by atoms with Crippen LogP contribution < -0.4 is 11.1 Å². The topological polar surface area (TPSA) is 68.8 Å². The number of rotatable bonds is 2. The second-order valence-electron chi connectivity index (χ2n) is 5.87. The molecule has 128 valence electrons. The van der Waals surface area contributed by atoms with E-state index >= 15 is 0 Å². The number of nitrogens with one attached hydrogen (secondary N) is 1. The van der Waals surface area contributed by atoms with E-state index in [-0.39, 0.29) is 17.8 Å². The molecule has 0 unspecified atom stereocenters. The van der Waals surface area contributed by atoms with Gasteiger partial charge in [-0.3, -0.25) is 0 Å². The summed E-state index contributed by atoms with van der Waals surface area (Å²) < 4.78 is 17.1. The van der Waals surface area contributed by atoms with E-state index in [0.29, 0.717) is 23.0 Å². The molecule has 8 heteroatoms. The zero-order valence-electron chi connectivity index (χ0n) is 13.0. The number of hydrogen-bond acceptors (Lipinski definition) is 4. The number of halogens is 3. The molecule has 0 fully saturated rings. The Morgan fingerprint density at radius 3 is 2.72 bits per heavy atom. The summed E-state index contributed by atoms with van der Waals surface area (Å²) in [6.45, 7) is 0. The summed E-state index contributed by atoms with van der Waals surface area (Å²) in [6.07, 6.45) is 0.568. The Kier molecular flexibility index (Phi) is 4.13. The molecule has 2 aromatic carbocycles. The molecule has 0 amide bonds. The van der Waals surface area contributed by atoms with Crippen molar-refractivity contribution < 1.29 is 4.39 Å². The Morgan fingerprint density at radius 1 is 1.24 bits per heavy atom. The molecule has 3 aromatic rings. The minimum Gasteiger partial charge on any atom is -0.366 e. The van der Waals surface area contributed by atoms with Crippen molar-refractivity contribution in [1.82, 2.24) is 14.8 Å². The van der Waals surface area contributed by atoms with E-state index in [4.69, 9.17) is 17.3 Å². The van der Waals surface area contributed by atoms with Gasteiger partial charge < -0.3 is 11.1 Å². The predicted molar refractivity (Wildman–Crippen MR) is 99.1 cm³/mol. The summed E-state index contributed by atoms with van der Waals surface area (Å²) in [5, 5.41) is 7.90. The molecule has 0 bridgehead atoms. The maximum Gasteiger partial charge on any atom is 0.241 e. The zero-order valence-corrected chi connectivity index (χ0v) is 15.3. The van der Waals surface area contributed by atoms with Gasteiger partial charge in [0, 0.05) is 15.1 Å². The second kappa shape index (κ2) is 6.31. The van der Waals surface area contributed by atoms with Gasteiger partial charge in [-0.05, 0) is 36.2 Å². The fourth-order valence-electron chi connectivity index (χ4n) is 3.18.